The number of carbonyl (C=O) groups excluding carboxylic acids is 1. The SMILES string of the molecule is O=C(CCc1ccc(Cl)c(Cl)c1)N[C@@H]1CC[C@H](C(=O)O)C1. The van der Waals surface area contributed by atoms with Crippen LogP contribution in [0.15, 0.2) is 18.2 Å². The van der Waals surface area contributed by atoms with Crippen molar-refractivity contribution >= 4 is 35.1 Å². The molecule has 0 radical (unpaired) electrons. The van der Waals surface area contributed by atoms with Crippen molar-refractivity contribution in [3.8, 4) is 0 Å². The molecule has 1 fully saturated rings. The third-order valence-corrected chi connectivity index (χ3v) is 4.51. The number of hydrogen-bond donors (Lipinski definition) is 2. The summed E-state index contributed by atoms with van der Waals surface area (Å²) >= 11 is 11.8. The quantitative estimate of drug-likeness (QED) is 0.870. The van der Waals surface area contributed by atoms with Crippen molar-refractivity contribution in [2.45, 2.75) is 38.1 Å². The maximum atomic E-state index is 11.9. The lowest BCUT2D eigenvalue weighted by Crippen LogP contribution is -2.33. The molecule has 4 nitrogen and oxygen atoms in total. The molecule has 1 aromatic rings. The van der Waals surface area contributed by atoms with E-state index in [-0.39, 0.29) is 17.9 Å². The second kappa shape index (κ2) is 7.14. The fourth-order valence-corrected chi connectivity index (χ4v) is 2.91. The lowest BCUT2D eigenvalue weighted by atomic mass is 10.1. The Balaban J connectivity index is 1.77. The molecule has 1 amide bonds. The maximum absolute atomic E-state index is 11.9. The van der Waals surface area contributed by atoms with Crippen molar-refractivity contribution < 1.29 is 14.7 Å². The Kier molecular flexibility index (Phi) is 5.48. The molecule has 0 aromatic heterocycles. The summed E-state index contributed by atoms with van der Waals surface area (Å²) in [5.74, 6) is -1.16. The average Bonchev–Trinajstić information content (AvgIpc) is 2.89. The molecule has 6 heteroatoms. The molecule has 1 aliphatic rings. The molecule has 1 aliphatic carbocycles. The Hall–Kier alpha value is -1.26. The summed E-state index contributed by atoms with van der Waals surface area (Å²) in [6.07, 6.45) is 2.82. The van der Waals surface area contributed by atoms with Gasteiger partial charge < -0.3 is 10.4 Å². The molecule has 1 aromatic carbocycles. The number of aliphatic carboxylic acids is 1. The molecule has 2 rings (SSSR count). The number of carboxylic acids is 1. The first kappa shape index (κ1) is 16.1. The minimum Gasteiger partial charge on any atom is -0.481 e. The van der Waals surface area contributed by atoms with E-state index in [1.807, 2.05) is 6.07 Å². The normalized spacial score (nSPS) is 21.2. The first-order valence-electron chi connectivity index (χ1n) is 6.92. The fraction of sp³-hybridized carbons (Fsp3) is 0.467. The lowest BCUT2D eigenvalue weighted by Gasteiger charge is -2.12. The predicted octanol–water partition coefficient (Wildman–Crippen LogP) is 3.30. The van der Waals surface area contributed by atoms with Gasteiger partial charge in [-0.2, -0.15) is 0 Å². The van der Waals surface area contributed by atoms with Gasteiger partial charge in [0, 0.05) is 12.5 Å². The first-order chi connectivity index (χ1) is 9.95. The summed E-state index contributed by atoms with van der Waals surface area (Å²) in [4.78, 5) is 22.8. The fourth-order valence-electron chi connectivity index (χ4n) is 2.59. The van der Waals surface area contributed by atoms with E-state index in [2.05, 4.69) is 5.32 Å². The molecule has 2 atom stereocenters. The predicted molar refractivity (Wildman–Crippen MR) is 81.7 cm³/mol. The van der Waals surface area contributed by atoms with E-state index in [1.165, 1.54) is 0 Å². The maximum Gasteiger partial charge on any atom is 0.306 e. The van der Waals surface area contributed by atoms with Crippen LogP contribution in [0.5, 0.6) is 0 Å². The third-order valence-electron chi connectivity index (χ3n) is 3.77. The number of halogens is 2. The average molecular weight is 330 g/mol. The van der Waals surface area contributed by atoms with Gasteiger partial charge in [-0.05, 0) is 43.4 Å². The second-order valence-corrected chi connectivity index (χ2v) is 6.18. The van der Waals surface area contributed by atoms with Crippen LogP contribution in [0.25, 0.3) is 0 Å². The Morgan fingerprint density at radius 2 is 2.00 bits per heavy atom. The number of rotatable bonds is 5. The number of carbonyl (C=O) groups is 2. The van der Waals surface area contributed by atoms with Gasteiger partial charge in [0.1, 0.15) is 0 Å². The minimum absolute atomic E-state index is 0.0209. The van der Waals surface area contributed by atoms with Crippen molar-refractivity contribution in [2.75, 3.05) is 0 Å². The molecule has 0 spiro atoms. The standard InChI is InChI=1S/C15H17Cl2NO3/c16-12-5-1-9(7-13(12)17)2-6-14(19)18-11-4-3-10(8-11)15(20)21/h1,5,7,10-11H,2-4,6,8H2,(H,18,19)(H,20,21)/t10-,11+/m0/s1. The number of benzene rings is 1. The van der Waals surface area contributed by atoms with Gasteiger partial charge in [0.05, 0.1) is 16.0 Å². The lowest BCUT2D eigenvalue weighted by molar-refractivity contribution is -0.141. The molecule has 0 unspecified atom stereocenters. The van der Waals surface area contributed by atoms with Crippen LogP contribution < -0.4 is 5.32 Å². The van der Waals surface area contributed by atoms with E-state index in [4.69, 9.17) is 28.3 Å². The van der Waals surface area contributed by atoms with Gasteiger partial charge in [-0.25, -0.2) is 0 Å². The highest BCUT2D eigenvalue weighted by molar-refractivity contribution is 6.42. The summed E-state index contributed by atoms with van der Waals surface area (Å²) in [6, 6.07) is 5.29. The van der Waals surface area contributed by atoms with Crippen molar-refractivity contribution in [3.63, 3.8) is 0 Å². The summed E-state index contributed by atoms with van der Waals surface area (Å²) in [7, 11) is 0. The topological polar surface area (TPSA) is 66.4 Å². The van der Waals surface area contributed by atoms with Crippen LogP contribution in [0, 0.1) is 5.92 Å². The Labute approximate surface area is 133 Å². The van der Waals surface area contributed by atoms with Gasteiger partial charge in [0.2, 0.25) is 5.91 Å². The van der Waals surface area contributed by atoms with E-state index >= 15 is 0 Å². The Morgan fingerprint density at radius 3 is 2.62 bits per heavy atom. The van der Waals surface area contributed by atoms with E-state index in [1.54, 1.807) is 12.1 Å². The first-order valence-corrected chi connectivity index (χ1v) is 7.67. The van der Waals surface area contributed by atoms with Crippen LogP contribution in [0.3, 0.4) is 0 Å². The van der Waals surface area contributed by atoms with E-state index in [0.29, 0.717) is 35.7 Å². The van der Waals surface area contributed by atoms with Crippen LogP contribution in [0.4, 0.5) is 0 Å². The molecule has 0 aliphatic heterocycles. The van der Waals surface area contributed by atoms with Crippen molar-refractivity contribution in [3.05, 3.63) is 33.8 Å². The van der Waals surface area contributed by atoms with Crippen molar-refractivity contribution in [1.82, 2.24) is 5.32 Å². The van der Waals surface area contributed by atoms with Gasteiger partial charge in [-0.15, -0.1) is 0 Å². The van der Waals surface area contributed by atoms with Crippen LogP contribution in [-0.2, 0) is 16.0 Å². The number of nitrogens with one attached hydrogen (secondary N) is 1. The second-order valence-electron chi connectivity index (χ2n) is 5.36. The zero-order valence-electron chi connectivity index (χ0n) is 11.4. The largest absolute Gasteiger partial charge is 0.481 e. The molecular weight excluding hydrogens is 313 g/mol. The third kappa shape index (κ3) is 4.61. The summed E-state index contributed by atoms with van der Waals surface area (Å²) in [5, 5.41) is 12.8. The molecule has 2 N–H and O–H groups in total. The van der Waals surface area contributed by atoms with Crippen LogP contribution >= 0.6 is 23.2 Å². The molecule has 114 valence electrons. The van der Waals surface area contributed by atoms with E-state index in [9.17, 15) is 9.59 Å². The number of carboxylic acid groups (broad SMARTS) is 1. The van der Waals surface area contributed by atoms with Gasteiger partial charge in [-0.1, -0.05) is 29.3 Å². The van der Waals surface area contributed by atoms with Gasteiger partial charge in [-0.3, -0.25) is 9.59 Å². The van der Waals surface area contributed by atoms with Gasteiger partial charge in [0.15, 0.2) is 0 Å². The van der Waals surface area contributed by atoms with E-state index in [0.717, 1.165) is 12.0 Å². The van der Waals surface area contributed by atoms with Crippen LogP contribution in [0.2, 0.25) is 10.0 Å². The molecule has 0 saturated heterocycles. The monoisotopic (exact) mass is 329 g/mol. The molecule has 21 heavy (non-hydrogen) atoms. The molecule has 0 bridgehead atoms. The highest BCUT2D eigenvalue weighted by atomic mass is 35.5. The number of amides is 1. The van der Waals surface area contributed by atoms with Crippen LogP contribution in [-0.4, -0.2) is 23.0 Å². The highest BCUT2D eigenvalue weighted by Gasteiger charge is 2.30. The van der Waals surface area contributed by atoms with Crippen molar-refractivity contribution in [1.29, 1.82) is 0 Å². The smallest absolute Gasteiger partial charge is 0.306 e. The summed E-state index contributed by atoms with van der Waals surface area (Å²) < 4.78 is 0. The van der Waals surface area contributed by atoms with Crippen molar-refractivity contribution in [2.24, 2.45) is 5.92 Å². The molecular formula is C15H17Cl2NO3. The summed E-state index contributed by atoms with van der Waals surface area (Å²) in [5.41, 5.74) is 0.953. The number of hydrogen-bond acceptors (Lipinski definition) is 2. The zero-order chi connectivity index (χ0) is 15.4. The zero-order valence-corrected chi connectivity index (χ0v) is 13.0. The Morgan fingerprint density at radius 1 is 1.24 bits per heavy atom. The summed E-state index contributed by atoms with van der Waals surface area (Å²) in [6.45, 7) is 0. The Bertz CT molecular complexity index is 548. The van der Waals surface area contributed by atoms with Crippen LogP contribution in [0.1, 0.15) is 31.2 Å². The van der Waals surface area contributed by atoms with E-state index < -0.39 is 5.97 Å². The molecule has 1 saturated carbocycles. The van der Waals surface area contributed by atoms with Gasteiger partial charge in [0.25, 0.3) is 0 Å². The minimum atomic E-state index is -0.775. The highest BCUT2D eigenvalue weighted by Crippen LogP contribution is 2.26. The number of aryl methyl sites for hydroxylation is 1. The molecule has 0 heterocycles. The van der Waals surface area contributed by atoms with Gasteiger partial charge >= 0.3 is 5.97 Å².